The monoisotopic (exact) mass is 200 g/mol. The van der Waals surface area contributed by atoms with Crippen molar-refractivity contribution in [1.29, 1.82) is 0 Å². The highest BCUT2D eigenvalue weighted by Crippen LogP contribution is 2.26. The van der Waals surface area contributed by atoms with Crippen molar-refractivity contribution in [2.45, 2.75) is 51.1 Å². The van der Waals surface area contributed by atoms with Crippen LogP contribution in [0.3, 0.4) is 0 Å². The zero-order valence-corrected chi connectivity index (χ0v) is 9.50. The molecule has 1 fully saturated rings. The summed E-state index contributed by atoms with van der Waals surface area (Å²) >= 11 is 0. The van der Waals surface area contributed by atoms with E-state index in [9.17, 15) is 0 Å². The quantitative estimate of drug-likeness (QED) is 0.643. The van der Waals surface area contributed by atoms with Crippen LogP contribution in [0.4, 0.5) is 0 Å². The van der Waals surface area contributed by atoms with Crippen molar-refractivity contribution in [3.63, 3.8) is 0 Å². The molecule has 0 aromatic heterocycles. The first-order valence-corrected chi connectivity index (χ1v) is 5.73. The van der Waals surface area contributed by atoms with Gasteiger partial charge in [0.2, 0.25) is 0 Å². The summed E-state index contributed by atoms with van der Waals surface area (Å²) in [5.74, 6) is 0. The lowest BCUT2D eigenvalue weighted by atomic mass is 9.98. The van der Waals surface area contributed by atoms with Gasteiger partial charge in [-0.2, -0.15) is 0 Å². The van der Waals surface area contributed by atoms with Gasteiger partial charge in [-0.3, -0.25) is 0 Å². The summed E-state index contributed by atoms with van der Waals surface area (Å²) in [6, 6.07) is 0.846. The fourth-order valence-electron chi connectivity index (χ4n) is 1.80. The molecule has 84 valence electrons. The maximum atomic E-state index is 9.00. The van der Waals surface area contributed by atoms with E-state index in [1.54, 1.807) is 0 Å². The lowest BCUT2D eigenvalue weighted by molar-refractivity contribution is 0.187. The molecule has 1 unspecified atom stereocenters. The zero-order valence-electron chi connectivity index (χ0n) is 9.50. The van der Waals surface area contributed by atoms with E-state index in [2.05, 4.69) is 11.8 Å². The van der Waals surface area contributed by atoms with Crippen molar-refractivity contribution < 1.29 is 5.11 Å². The van der Waals surface area contributed by atoms with Crippen molar-refractivity contribution in [3.05, 3.63) is 0 Å². The third-order valence-corrected chi connectivity index (χ3v) is 3.02. The second-order valence-corrected chi connectivity index (χ2v) is 4.78. The highest BCUT2D eigenvalue weighted by molar-refractivity contribution is 4.84. The molecular weight excluding hydrogens is 176 g/mol. The van der Waals surface area contributed by atoms with Crippen molar-refractivity contribution in [2.75, 3.05) is 19.7 Å². The first-order chi connectivity index (χ1) is 6.59. The van der Waals surface area contributed by atoms with Crippen LogP contribution in [-0.4, -0.2) is 41.3 Å². The van der Waals surface area contributed by atoms with Crippen molar-refractivity contribution in [1.82, 2.24) is 4.90 Å². The molecule has 1 aliphatic carbocycles. The summed E-state index contributed by atoms with van der Waals surface area (Å²) in [4.78, 5) is 2.52. The van der Waals surface area contributed by atoms with Gasteiger partial charge in [0, 0.05) is 11.6 Å². The molecule has 3 N–H and O–H groups in total. The van der Waals surface area contributed by atoms with Gasteiger partial charge in [-0.05, 0) is 45.7 Å². The molecule has 0 amide bonds. The maximum Gasteiger partial charge on any atom is 0.0608 e. The van der Waals surface area contributed by atoms with Gasteiger partial charge < -0.3 is 15.7 Å². The second kappa shape index (κ2) is 5.10. The van der Waals surface area contributed by atoms with E-state index in [1.165, 1.54) is 12.8 Å². The highest BCUT2D eigenvalue weighted by atomic mass is 16.3. The van der Waals surface area contributed by atoms with E-state index in [-0.39, 0.29) is 12.1 Å². The van der Waals surface area contributed by atoms with Gasteiger partial charge in [0.05, 0.1) is 6.61 Å². The summed E-state index contributed by atoms with van der Waals surface area (Å²) in [7, 11) is 0. The Kier molecular flexibility index (Phi) is 4.35. The third kappa shape index (κ3) is 3.95. The Morgan fingerprint density at radius 2 is 2.14 bits per heavy atom. The molecule has 1 atom stereocenters. The van der Waals surface area contributed by atoms with Gasteiger partial charge in [-0.1, -0.05) is 6.92 Å². The van der Waals surface area contributed by atoms with Gasteiger partial charge in [-0.25, -0.2) is 0 Å². The lowest BCUT2D eigenvalue weighted by Gasteiger charge is -2.24. The number of nitrogens with two attached hydrogens (primary N) is 1. The Bertz CT molecular complexity index is 167. The second-order valence-electron chi connectivity index (χ2n) is 4.78. The Hall–Kier alpha value is -0.120. The molecule has 1 aliphatic rings. The zero-order chi connectivity index (χ0) is 10.6. The Morgan fingerprint density at radius 1 is 1.50 bits per heavy atom. The number of aliphatic hydroxyl groups is 1. The molecule has 3 nitrogen and oxygen atoms in total. The van der Waals surface area contributed by atoms with Crippen molar-refractivity contribution in [3.8, 4) is 0 Å². The average molecular weight is 200 g/mol. The molecule has 0 aromatic rings. The number of rotatable bonds is 7. The largest absolute Gasteiger partial charge is 0.394 e. The molecule has 0 spiro atoms. The van der Waals surface area contributed by atoms with Crippen LogP contribution in [0.15, 0.2) is 0 Å². The molecule has 14 heavy (non-hydrogen) atoms. The Balaban J connectivity index is 2.12. The molecule has 0 radical (unpaired) electrons. The van der Waals surface area contributed by atoms with Gasteiger partial charge >= 0.3 is 0 Å². The topological polar surface area (TPSA) is 49.5 Å². The van der Waals surface area contributed by atoms with Gasteiger partial charge in [0.15, 0.2) is 0 Å². The molecule has 3 heteroatoms. The van der Waals surface area contributed by atoms with E-state index in [1.807, 2.05) is 6.92 Å². The van der Waals surface area contributed by atoms with Gasteiger partial charge in [0.25, 0.3) is 0 Å². The SMILES string of the molecule is CCN(CCCC(C)(N)CO)C1CC1. The smallest absolute Gasteiger partial charge is 0.0608 e. The van der Waals surface area contributed by atoms with Crippen molar-refractivity contribution >= 4 is 0 Å². The fraction of sp³-hybridized carbons (Fsp3) is 1.00. The van der Waals surface area contributed by atoms with Crippen LogP contribution >= 0.6 is 0 Å². The summed E-state index contributed by atoms with van der Waals surface area (Å²) in [6.45, 7) is 6.49. The summed E-state index contributed by atoms with van der Waals surface area (Å²) in [5, 5.41) is 9.00. The molecule has 1 saturated carbocycles. The average Bonchev–Trinajstić information content (AvgIpc) is 2.96. The van der Waals surface area contributed by atoms with Crippen LogP contribution in [0.2, 0.25) is 0 Å². The van der Waals surface area contributed by atoms with Gasteiger partial charge in [-0.15, -0.1) is 0 Å². The lowest BCUT2D eigenvalue weighted by Crippen LogP contribution is -2.41. The van der Waals surface area contributed by atoms with Crippen LogP contribution in [-0.2, 0) is 0 Å². The summed E-state index contributed by atoms with van der Waals surface area (Å²) < 4.78 is 0. The molecule has 0 heterocycles. The first kappa shape index (κ1) is 12.0. The number of aliphatic hydroxyl groups excluding tert-OH is 1. The minimum atomic E-state index is -0.386. The van der Waals surface area contributed by atoms with Crippen LogP contribution < -0.4 is 5.73 Å². The molecular formula is C11H24N2O. The van der Waals surface area contributed by atoms with Crippen LogP contribution in [0, 0.1) is 0 Å². The number of hydrogen-bond acceptors (Lipinski definition) is 3. The molecule has 0 aliphatic heterocycles. The van der Waals surface area contributed by atoms with Crippen LogP contribution in [0.25, 0.3) is 0 Å². The first-order valence-electron chi connectivity index (χ1n) is 5.73. The van der Waals surface area contributed by atoms with E-state index in [0.29, 0.717) is 0 Å². The summed E-state index contributed by atoms with van der Waals surface area (Å²) in [5.41, 5.74) is 5.48. The fourth-order valence-corrected chi connectivity index (χ4v) is 1.80. The molecule has 0 bridgehead atoms. The van der Waals surface area contributed by atoms with E-state index < -0.39 is 0 Å². The predicted octanol–water partition coefficient (Wildman–Crippen LogP) is 0.961. The van der Waals surface area contributed by atoms with Gasteiger partial charge in [0.1, 0.15) is 0 Å². The summed E-state index contributed by atoms with van der Waals surface area (Å²) in [6.07, 6.45) is 4.74. The minimum absolute atomic E-state index is 0.0859. The van der Waals surface area contributed by atoms with E-state index in [4.69, 9.17) is 10.8 Å². The minimum Gasteiger partial charge on any atom is -0.394 e. The Morgan fingerprint density at radius 3 is 2.57 bits per heavy atom. The highest BCUT2D eigenvalue weighted by Gasteiger charge is 2.27. The normalized spacial score (nSPS) is 21.2. The van der Waals surface area contributed by atoms with E-state index in [0.717, 1.165) is 32.0 Å². The standard InChI is InChI=1S/C11H24N2O/c1-3-13(10-5-6-10)8-4-7-11(2,12)9-14/h10,14H,3-9,12H2,1-2H3. The predicted molar refractivity (Wildman–Crippen MR) is 59.2 cm³/mol. The van der Waals surface area contributed by atoms with Crippen molar-refractivity contribution in [2.24, 2.45) is 5.73 Å². The third-order valence-electron chi connectivity index (χ3n) is 3.02. The number of hydrogen-bond donors (Lipinski definition) is 2. The van der Waals surface area contributed by atoms with E-state index >= 15 is 0 Å². The van der Waals surface area contributed by atoms with Crippen LogP contribution in [0.5, 0.6) is 0 Å². The maximum absolute atomic E-state index is 9.00. The molecule has 1 rings (SSSR count). The Labute approximate surface area is 87.3 Å². The molecule has 0 aromatic carbocycles. The number of nitrogens with zero attached hydrogens (tertiary/aromatic N) is 1. The van der Waals surface area contributed by atoms with Crippen LogP contribution in [0.1, 0.15) is 39.5 Å². The molecule has 0 saturated heterocycles.